The van der Waals surface area contributed by atoms with Gasteiger partial charge in [-0.2, -0.15) is 0 Å². The van der Waals surface area contributed by atoms with E-state index < -0.39 is 0 Å². The van der Waals surface area contributed by atoms with Crippen molar-refractivity contribution >= 4 is 43.1 Å². The molecule has 0 unspecified atom stereocenters. The number of benzene rings is 2. The highest BCUT2D eigenvalue weighted by Crippen LogP contribution is 2.33. The molecule has 1 heterocycles. The van der Waals surface area contributed by atoms with Crippen molar-refractivity contribution in [2.45, 2.75) is 0 Å². The van der Waals surface area contributed by atoms with E-state index in [1.165, 1.54) is 0 Å². The Labute approximate surface area is 117 Å². The molecule has 3 aromatic rings. The number of fused-ring (bicyclic) bond motifs is 1. The lowest BCUT2D eigenvalue weighted by Gasteiger charge is -2.00. The Morgan fingerprint density at radius 3 is 2.56 bits per heavy atom. The van der Waals surface area contributed by atoms with E-state index in [9.17, 15) is 4.79 Å². The zero-order valence-corrected chi connectivity index (χ0v) is 11.8. The van der Waals surface area contributed by atoms with Crippen LogP contribution in [-0.2, 0) is 0 Å². The molecule has 0 bridgehead atoms. The molecule has 2 aromatic carbocycles. The van der Waals surface area contributed by atoms with Gasteiger partial charge in [0.15, 0.2) is 5.78 Å². The number of hydrogen-bond donors (Lipinski definition) is 0. The summed E-state index contributed by atoms with van der Waals surface area (Å²) in [5.74, 6) is 0.0833. The van der Waals surface area contributed by atoms with E-state index in [0.717, 1.165) is 25.7 Å². The van der Waals surface area contributed by atoms with Gasteiger partial charge in [-0.1, -0.05) is 42.5 Å². The van der Waals surface area contributed by atoms with Crippen LogP contribution < -0.4 is 0 Å². The Morgan fingerprint density at radius 2 is 1.78 bits per heavy atom. The lowest BCUT2D eigenvalue weighted by molar-refractivity contribution is 0.104. The van der Waals surface area contributed by atoms with Gasteiger partial charge in [0.05, 0.1) is 0 Å². The molecule has 0 atom stereocenters. The highest BCUT2D eigenvalue weighted by Gasteiger charge is 2.14. The average molecular weight is 317 g/mol. The van der Waals surface area contributed by atoms with Crippen molar-refractivity contribution < 1.29 is 4.79 Å². The van der Waals surface area contributed by atoms with E-state index in [4.69, 9.17) is 0 Å². The zero-order valence-electron chi connectivity index (χ0n) is 9.39. The summed E-state index contributed by atoms with van der Waals surface area (Å²) in [6.45, 7) is 0. The summed E-state index contributed by atoms with van der Waals surface area (Å²) in [5.41, 5.74) is 1.51. The second-order valence-electron chi connectivity index (χ2n) is 3.96. The highest BCUT2D eigenvalue weighted by molar-refractivity contribution is 9.10. The smallest absolute Gasteiger partial charge is 0.194 e. The van der Waals surface area contributed by atoms with Gasteiger partial charge in [0.1, 0.15) is 0 Å². The molecule has 88 valence electrons. The molecule has 3 rings (SSSR count). The van der Waals surface area contributed by atoms with Crippen LogP contribution in [0.1, 0.15) is 15.9 Å². The van der Waals surface area contributed by atoms with Crippen LogP contribution in [0.3, 0.4) is 0 Å². The molecule has 0 radical (unpaired) electrons. The van der Waals surface area contributed by atoms with Gasteiger partial charge in [-0.3, -0.25) is 4.79 Å². The summed E-state index contributed by atoms with van der Waals surface area (Å²) >= 11 is 5.11. The number of carbonyl (C=O) groups excluding carboxylic acids is 1. The highest BCUT2D eigenvalue weighted by atomic mass is 79.9. The molecular formula is C15H9BrOS. The zero-order chi connectivity index (χ0) is 12.5. The van der Waals surface area contributed by atoms with Crippen molar-refractivity contribution in [3.63, 3.8) is 0 Å². The first-order valence-electron chi connectivity index (χ1n) is 5.53. The summed E-state index contributed by atoms with van der Waals surface area (Å²) in [6.07, 6.45) is 0. The number of ketones is 1. The second kappa shape index (κ2) is 4.67. The molecule has 0 saturated heterocycles. The van der Waals surface area contributed by atoms with Crippen molar-refractivity contribution in [2.75, 3.05) is 0 Å². The summed E-state index contributed by atoms with van der Waals surface area (Å²) in [4.78, 5) is 12.4. The predicted octanol–water partition coefficient (Wildman–Crippen LogP) is 4.89. The molecule has 18 heavy (non-hydrogen) atoms. The monoisotopic (exact) mass is 316 g/mol. The Kier molecular flexibility index (Phi) is 3.02. The van der Waals surface area contributed by atoms with Gasteiger partial charge in [-0.25, -0.2) is 0 Å². The molecule has 1 nitrogen and oxygen atoms in total. The van der Waals surface area contributed by atoms with Gasteiger partial charge in [0.2, 0.25) is 0 Å². The molecule has 0 spiro atoms. The first-order valence-corrected chi connectivity index (χ1v) is 7.20. The fourth-order valence-corrected chi connectivity index (χ4v) is 3.54. The first-order chi connectivity index (χ1) is 8.77. The standard InChI is InChI=1S/C15H9BrOS/c16-13-8-4-7-11-12(9-18-15(11)13)14(17)10-5-2-1-3-6-10/h1-9H. The number of thiophene rings is 1. The van der Waals surface area contributed by atoms with Gasteiger partial charge in [0.25, 0.3) is 0 Å². The summed E-state index contributed by atoms with van der Waals surface area (Å²) in [7, 11) is 0. The van der Waals surface area contributed by atoms with Crippen LogP contribution in [0, 0.1) is 0 Å². The van der Waals surface area contributed by atoms with Crippen molar-refractivity contribution in [1.82, 2.24) is 0 Å². The molecule has 0 aliphatic carbocycles. The maximum Gasteiger partial charge on any atom is 0.194 e. The SMILES string of the molecule is O=C(c1ccccc1)c1csc2c(Br)cccc12. The Bertz CT molecular complexity index is 716. The quantitative estimate of drug-likeness (QED) is 0.615. The molecule has 0 amide bonds. The summed E-state index contributed by atoms with van der Waals surface area (Å²) in [5, 5.41) is 2.95. The van der Waals surface area contributed by atoms with Crippen molar-refractivity contribution in [3.8, 4) is 0 Å². The van der Waals surface area contributed by atoms with Crippen LogP contribution >= 0.6 is 27.3 Å². The van der Waals surface area contributed by atoms with Crippen molar-refractivity contribution in [1.29, 1.82) is 0 Å². The van der Waals surface area contributed by atoms with Crippen LogP contribution in [0.2, 0.25) is 0 Å². The summed E-state index contributed by atoms with van der Waals surface area (Å²) in [6, 6.07) is 15.3. The maximum absolute atomic E-state index is 12.4. The minimum Gasteiger partial charge on any atom is -0.289 e. The topological polar surface area (TPSA) is 17.1 Å². The fourth-order valence-electron chi connectivity index (χ4n) is 1.94. The van der Waals surface area contributed by atoms with Crippen LogP contribution in [0.4, 0.5) is 0 Å². The number of carbonyl (C=O) groups is 1. The van der Waals surface area contributed by atoms with Crippen molar-refractivity contribution in [3.05, 3.63) is 69.5 Å². The molecular weight excluding hydrogens is 308 g/mol. The molecule has 0 saturated carbocycles. The minimum atomic E-state index is 0.0833. The molecule has 0 aliphatic heterocycles. The molecule has 0 aliphatic rings. The lowest BCUT2D eigenvalue weighted by atomic mass is 10.0. The van der Waals surface area contributed by atoms with E-state index in [0.29, 0.717) is 0 Å². The maximum atomic E-state index is 12.4. The molecule has 0 fully saturated rings. The fraction of sp³-hybridized carbons (Fsp3) is 0. The molecule has 3 heteroatoms. The Morgan fingerprint density at radius 1 is 1.00 bits per heavy atom. The third-order valence-electron chi connectivity index (χ3n) is 2.83. The average Bonchev–Trinajstić information content (AvgIpc) is 2.84. The Hall–Kier alpha value is -1.45. The third-order valence-corrected chi connectivity index (χ3v) is 4.78. The van der Waals surface area contributed by atoms with E-state index in [1.807, 2.05) is 53.9 Å². The first kappa shape index (κ1) is 11.6. The Balaban J connectivity index is 2.16. The second-order valence-corrected chi connectivity index (χ2v) is 5.70. The van der Waals surface area contributed by atoms with Crippen LogP contribution in [-0.4, -0.2) is 5.78 Å². The van der Waals surface area contributed by atoms with E-state index in [1.54, 1.807) is 11.3 Å². The van der Waals surface area contributed by atoms with Gasteiger partial charge < -0.3 is 0 Å². The van der Waals surface area contributed by atoms with E-state index in [-0.39, 0.29) is 5.78 Å². The minimum absolute atomic E-state index is 0.0833. The molecule has 1 aromatic heterocycles. The van der Waals surface area contributed by atoms with Gasteiger partial charge in [-0.05, 0) is 22.0 Å². The van der Waals surface area contributed by atoms with Crippen molar-refractivity contribution in [2.24, 2.45) is 0 Å². The predicted molar refractivity (Wildman–Crippen MR) is 79.4 cm³/mol. The van der Waals surface area contributed by atoms with E-state index >= 15 is 0 Å². The van der Waals surface area contributed by atoms with Crippen LogP contribution in [0.5, 0.6) is 0 Å². The van der Waals surface area contributed by atoms with Gasteiger partial charge >= 0.3 is 0 Å². The largest absolute Gasteiger partial charge is 0.289 e. The van der Waals surface area contributed by atoms with E-state index in [2.05, 4.69) is 15.9 Å². The van der Waals surface area contributed by atoms with Gasteiger partial charge in [-0.15, -0.1) is 11.3 Å². The molecule has 0 N–H and O–H groups in total. The number of rotatable bonds is 2. The normalized spacial score (nSPS) is 10.7. The number of halogens is 1. The van der Waals surface area contributed by atoms with Crippen LogP contribution in [0.15, 0.2) is 58.4 Å². The van der Waals surface area contributed by atoms with Crippen LogP contribution in [0.25, 0.3) is 10.1 Å². The van der Waals surface area contributed by atoms with Gasteiger partial charge in [0, 0.05) is 31.1 Å². The summed E-state index contributed by atoms with van der Waals surface area (Å²) < 4.78 is 2.16. The number of hydrogen-bond acceptors (Lipinski definition) is 2. The lowest BCUT2D eigenvalue weighted by Crippen LogP contribution is -1.99. The third kappa shape index (κ3) is 1.89.